The van der Waals surface area contributed by atoms with Crippen LogP contribution in [0.2, 0.25) is 34.3 Å². The molecule has 0 radical (unpaired) electrons. The van der Waals surface area contributed by atoms with Gasteiger partial charge in [0.25, 0.3) is 0 Å². The van der Waals surface area contributed by atoms with E-state index in [1.807, 2.05) is 0 Å². The summed E-state index contributed by atoms with van der Waals surface area (Å²) in [6.07, 6.45) is 16.2. The van der Waals surface area contributed by atoms with Gasteiger partial charge in [-0.25, -0.2) is 0 Å². The molecule has 0 bridgehead atoms. The minimum absolute atomic E-state index is 0.639. The molecule has 0 N–H and O–H groups in total. The highest BCUT2D eigenvalue weighted by atomic mass is 28.3. The first-order valence-corrected chi connectivity index (χ1v) is 24.8. The van der Waals surface area contributed by atoms with E-state index < -0.39 is 16.1 Å². The fourth-order valence-electron chi connectivity index (χ4n) is 8.34. The van der Waals surface area contributed by atoms with Gasteiger partial charge in [-0.2, -0.15) is 0 Å². The van der Waals surface area contributed by atoms with Gasteiger partial charge in [0.05, 0.1) is 0 Å². The monoisotopic (exact) mass is 679 g/mol. The highest BCUT2D eigenvalue weighted by molar-refractivity contribution is 6.90. The number of unbranched alkanes of at least 4 members (excludes halogenated alkanes) is 10. The van der Waals surface area contributed by atoms with Crippen molar-refractivity contribution in [2.75, 3.05) is 0 Å². The van der Waals surface area contributed by atoms with E-state index in [0.29, 0.717) is 22.2 Å². The Morgan fingerprint density at radius 2 is 0.688 bits per heavy atom. The maximum Gasteiger partial charge on any atom is 0.143 e. The molecule has 0 saturated carbocycles. The van der Waals surface area contributed by atoms with Crippen LogP contribution in [0.15, 0.2) is 48.5 Å². The summed E-state index contributed by atoms with van der Waals surface area (Å²) in [6.45, 7) is 24.3. The third-order valence-electron chi connectivity index (χ3n) is 11.8. The van der Waals surface area contributed by atoms with Crippen LogP contribution in [0, 0.1) is 22.9 Å². The maximum absolute atomic E-state index is 4.14. The average Bonchev–Trinajstić information content (AvgIpc) is 3.06. The van der Waals surface area contributed by atoms with E-state index in [0.717, 1.165) is 0 Å². The second-order valence-electron chi connectivity index (χ2n) is 16.1. The van der Waals surface area contributed by atoms with E-state index in [2.05, 4.69) is 141 Å². The van der Waals surface area contributed by atoms with E-state index in [1.54, 1.807) is 0 Å². The van der Waals surface area contributed by atoms with Crippen molar-refractivity contribution in [3.8, 4) is 22.9 Å². The Hall–Kier alpha value is -2.27. The lowest BCUT2D eigenvalue weighted by atomic mass is 9.92. The molecule has 262 valence electrons. The number of benzene rings is 3. The van der Waals surface area contributed by atoms with Gasteiger partial charge in [0, 0.05) is 11.1 Å². The molecule has 3 rings (SSSR count). The van der Waals surface area contributed by atoms with E-state index >= 15 is 0 Å². The SMILES string of the molecule is CCCCCCCC[Si](C#Cc1c2ccccc2c(C#C[Si](CCCCCCCC)(C(C)C)C(C)C)c2ccccc12)(C(C)C)C(C)C. The Morgan fingerprint density at radius 3 is 0.958 bits per heavy atom. The largest absolute Gasteiger partial charge is 0.143 e. The van der Waals surface area contributed by atoms with Crippen LogP contribution in [0.4, 0.5) is 0 Å². The molecule has 0 nitrogen and oxygen atoms in total. The third kappa shape index (κ3) is 9.92. The van der Waals surface area contributed by atoms with E-state index in [9.17, 15) is 0 Å². The first-order valence-electron chi connectivity index (χ1n) is 20.0. The third-order valence-corrected chi connectivity index (χ3v) is 23.6. The van der Waals surface area contributed by atoms with Crippen LogP contribution >= 0.6 is 0 Å². The predicted molar refractivity (Wildman–Crippen MR) is 223 cm³/mol. The van der Waals surface area contributed by atoms with Gasteiger partial charge in [-0.3, -0.25) is 0 Å². The molecule has 0 heterocycles. The topological polar surface area (TPSA) is 0 Å². The van der Waals surface area contributed by atoms with Gasteiger partial charge in [-0.15, -0.1) is 11.1 Å². The van der Waals surface area contributed by atoms with Crippen LogP contribution in [-0.2, 0) is 0 Å². The van der Waals surface area contributed by atoms with Gasteiger partial charge >= 0.3 is 0 Å². The van der Waals surface area contributed by atoms with Crippen molar-refractivity contribution in [2.24, 2.45) is 0 Å². The number of hydrogen-bond acceptors (Lipinski definition) is 0. The van der Waals surface area contributed by atoms with Crippen LogP contribution in [0.25, 0.3) is 21.5 Å². The number of hydrogen-bond donors (Lipinski definition) is 0. The molecule has 0 amide bonds. The number of fused-ring (bicyclic) bond motifs is 2. The van der Waals surface area contributed by atoms with Crippen LogP contribution < -0.4 is 0 Å². The quantitative estimate of drug-likeness (QED) is 0.0544. The van der Waals surface area contributed by atoms with E-state index in [4.69, 9.17) is 0 Å². The summed E-state index contributed by atoms with van der Waals surface area (Å²) in [4.78, 5) is 0. The zero-order valence-electron chi connectivity index (χ0n) is 32.8. The Labute approximate surface area is 299 Å². The summed E-state index contributed by atoms with van der Waals surface area (Å²) >= 11 is 0. The molecule has 0 unspecified atom stereocenters. The molecule has 0 aliphatic rings. The Kier molecular flexibility index (Phi) is 16.6. The minimum atomic E-state index is -1.86. The van der Waals surface area contributed by atoms with Gasteiger partial charge in [-0.1, -0.05) is 207 Å². The van der Waals surface area contributed by atoms with Crippen molar-refractivity contribution >= 4 is 37.7 Å². The van der Waals surface area contributed by atoms with E-state index in [1.165, 1.54) is 122 Å². The van der Waals surface area contributed by atoms with Crippen molar-refractivity contribution in [1.29, 1.82) is 0 Å². The summed E-state index contributed by atoms with van der Waals surface area (Å²) in [6, 6.07) is 20.7. The van der Waals surface area contributed by atoms with Crippen molar-refractivity contribution in [3.63, 3.8) is 0 Å². The molecule has 0 saturated heterocycles. The normalized spacial score (nSPS) is 12.3. The Balaban J connectivity index is 2.15. The fraction of sp³-hybridized carbons (Fsp3) is 0.609. The van der Waals surface area contributed by atoms with Crippen LogP contribution in [0.3, 0.4) is 0 Å². The Morgan fingerprint density at radius 1 is 0.417 bits per heavy atom. The van der Waals surface area contributed by atoms with Gasteiger partial charge in [0.1, 0.15) is 16.1 Å². The lowest BCUT2D eigenvalue weighted by Crippen LogP contribution is -2.40. The summed E-state index contributed by atoms with van der Waals surface area (Å²) < 4.78 is 0. The molecule has 0 aliphatic heterocycles. The average molecular weight is 679 g/mol. The molecule has 0 atom stereocenters. The van der Waals surface area contributed by atoms with Crippen molar-refractivity contribution in [1.82, 2.24) is 0 Å². The molecule has 3 aromatic carbocycles. The summed E-state index contributed by atoms with van der Waals surface area (Å²) in [5, 5.41) is 5.11. The minimum Gasteiger partial charge on any atom is -0.125 e. The Bertz CT molecular complexity index is 1350. The summed E-state index contributed by atoms with van der Waals surface area (Å²) in [7, 11) is -3.73. The van der Waals surface area contributed by atoms with E-state index in [-0.39, 0.29) is 0 Å². The highest BCUT2D eigenvalue weighted by Gasteiger charge is 2.39. The first kappa shape index (κ1) is 40.2. The molecule has 48 heavy (non-hydrogen) atoms. The lowest BCUT2D eigenvalue weighted by molar-refractivity contribution is 0.620. The highest BCUT2D eigenvalue weighted by Crippen LogP contribution is 2.40. The molecule has 2 heteroatoms. The molecule has 0 spiro atoms. The summed E-state index contributed by atoms with van der Waals surface area (Å²) in [5.41, 5.74) is 13.3. The standard InChI is InChI=1S/C46H70Si2/c1-11-13-15-17-19-25-33-47(37(3)4,38(5)6)35-31-45-41-27-21-23-29-43(41)46(44-30-24-22-28-42(44)45)32-36-48(39(7)8,40(9)10)34-26-20-18-16-14-12-2/h21-24,27-30,37-40H,11-20,25-26,33-34H2,1-10H3. The second kappa shape index (κ2) is 19.8. The summed E-state index contributed by atoms with van der Waals surface area (Å²) in [5.74, 6) is 7.91. The molecule has 3 aromatic rings. The van der Waals surface area contributed by atoms with Gasteiger partial charge in [0.15, 0.2) is 0 Å². The first-order chi connectivity index (χ1) is 23.1. The molecule has 0 fully saturated rings. The predicted octanol–water partition coefficient (Wildman–Crippen LogP) is 15.0. The molecule has 0 aromatic heterocycles. The molecular formula is C46H70Si2. The van der Waals surface area contributed by atoms with Crippen molar-refractivity contribution in [2.45, 2.75) is 181 Å². The smallest absolute Gasteiger partial charge is 0.125 e. The molecule has 0 aliphatic carbocycles. The molecular weight excluding hydrogens is 609 g/mol. The second-order valence-corrected chi connectivity index (χ2v) is 26.4. The van der Waals surface area contributed by atoms with Crippen molar-refractivity contribution < 1.29 is 0 Å². The lowest BCUT2D eigenvalue weighted by Gasteiger charge is -2.34. The van der Waals surface area contributed by atoms with Crippen molar-refractivity contribution in [3.05, 3.63) is 59.7 Å². The van der Waals surface area contributed by atoms with Gasteiger partial charge in [-0.05, 0) is 55.8 Å². The van der Waals surface area contributed by atoms with Gasteiger partial charge in [0.2, 0.25) is 0 Å². The zero-order chi connectivity index (χ0) is 35.2. The van der Waals surface area contributed by atoms with Crippen LogP contribution in [-0.4, -0.2) is 16.1 Å². The number of rotatable bonds is 18. The zero-order valence-corrected chi connectivity index (χ0v) is 34.8. The van der Waals surface area contributed by atoms with Gasteiger partial charge < -0.3 is 0 Å². The fourth-order valence-corrected chi connectivity index (χ4v) is 17.1. The van der Waals surface area contributed by atoms with Crippen LogP contribution in [0.1, 0.15) is 157 Å². The maximum atomic E-state index is 4.14. The van der Waals surface area contributed by atoms with Crippen LogP contribution in [0.5, 0.6) is 0 Å².